The van der Waals surface area contributed by atoms with Crippen molar-refractivity contribution < 1.29 is 0 Å². The summed E-state index contributed by atoms with van der Waals surface area (Å²) in [6.45, 7) is 11.1. The highest BCUT2D eigenvalue weighted by molar-refractivity contribution is 7.11. The van der Waals surface area contributed by atoms with Gasteiger partial charge >= 0.3 is 0 Å². The molecule has 0 spiro atoms. The predicted molar refractivity (Wildman–Crippen MR) is 81.4 cm³/mol. The van der Waals surface area contributed by atoms with Gasteiger partial charge in [-0.05, 0) is 43.6 Å². The first-order valence-corrected chi connectivity index (χ1v) is 8.35. The predicted octanol–water partition coefficient (Wildman–Crippen LogP) is 3.97. The van der Waals surface area contributed by atoms with Crippen LogP contribution < -0.4 is 5.32 Å². The van der Waals surface area contributed by atoms with Crippen molar-refractivity contribution >= 4 is 11.3 Å². The highest BCUT2D eigenvalue weighted by Crippen LogP contribution is 2.43. The second-order valence-electron chi connectivity index (χ2n) is 6.73. The van der Waals surface area contributed by atoms with Crippen molar-refractivity contribution in [2.45, 2.75) is 65.8 Å². The summed E-state index contributed by atoms with van der Waals surface area (Å²) in [5.74, 6) is 1.53. The third kappa shape index (κ3) is 3.99. The maximum atomic E-state index is 4.41. The van der Waals surface area contributed by atoms with Crippen LogP contribution in [0, 0.1) is 11.3 Å². The summed E-state index contributed by atoms with van der Waals surface area (Å²) in [5.41, 5.74) is 0.461. The van der Waals surface area contributed by atoms with Crippen LogP contribution in [0.2, 0.25) is 0 Å². The van der Waals surface area contributed by atoms with Crippen LogP contribution >= 0.6 is 11.3 Å². The third-order valence-corrected chi connectivity index (χ3v) is 5.40. The lowest BCUT2D eigenvalue weighted by molar-refractivity contribution is 0.169. The summed E-state index contributed by atoms with van der Waals surface area (Å²) >= 11 is 1.80. The summed E-state index contributed by atoms with van der Waals surface area (Å²) in [7, 11) is 0. The van der Waals surface area contributed by atoms with Gasteiger partial charge in [0.15, 0.2) is 0 Å². The van der Waals surface area contributed by atoms with Gasteiger partial charge in [-0.25, -0.2) is 0 Å². The number of rotatable bonds is 4. The third-order valence-electron chi connectivity index (χ3n) is 4.31. The molecule has 1 saturated carbocycles. The van der Waals surface area contributed by atoms with E-state index >= 15 is 0 Å². The van der Waals surface area contributed by atoms with E-state index in [9.17, 15) is 0 Å². The second kappa shape index (κ2) is 6.31. The molecule has 1 aromatic rings. The minimum Gasteiger partial charge on any atom is -0.311 e. The Morgan fingerprint density at radius 2 is 1.84 bits per heavy atom. The Balaban J connectivity index is 1.89. The van der Waals surface area contributed by atoms with E-state index in [1.807, 2.05) is 0 Å². The maximum Gasteiger partial charge on any atom is 0.131 e. The summed E-state index contributed by atoms with van der Waals surface area (Å²) in [5, 5.41) is 14.4. The van der Waals surface area contributed by atoms with Crippen LogP contribution in [0.4, 0.5) is 0 Å². The summed E-state index contributed by atoms with van der Waals surface area (Å²) in [6, 6.07) is 0. The molecule has 0 radical (unpaired) electrons. The minimum atomic E-state index is 0.461. The van der Waals surface area contributed by atoms with Gasteiger partial charge < -0.3 is 5.32 Å². The van der Waals surface area contributed by atoms with Gasteiger partial charge in [0.05, 0.1) is 0 Å². The van der Waals surface area contributed by atoms with Crippen LogP contribution in [0.15, 0.2) is 0 Å². The van der Waals surface area contributed by atoms with Gasteiger partial charge in [-0.2, -0.15) is 0 Å². The number of nitrogens with zero attached hydrogens (tertiary/aromatic N) is 2. The first-order chi connectivity index (χ1) is 9.00. The van der Waals surface area contributed by atoms with Crippen molar-refractivity contribution in [3.8, 4) is 0 Å². The molecular weight excluding hydrogens is 254 g/mol. The molecule has 0 atom stereocenters. The fourth-order valence-corrected chi connectivity index (χ4v) is 3.92. The van der Waals surface area contributed by atoms with Gasteiger partial charge in [0.2, 0.25) is 0 Å². The van der Waals surface area contributed by atoms with Gasteiger partial charge in [0.1, 0.15) is 10.0 Å². The van der Waals surface area contributed by atoms with Crippen LogP contribution in [0.25, 0.3) is 0 Å². The molecule has 0 unspecified atom stereocenters. The molecule has 2 rings (SSSR count). The van der Waals surface area contributed by atoms with E-state index in [0.29, 0.717) is 11.3 Å². The van der Waals surface area contributed by atoms with Gasteiger partial charge in [0, 0.05) is 12.5 Å². The molecule has 0 aliphatic heterocycles. The second-order valence-corrected chi connectivity index (χ2v) is 7.82. The van der Waals surface area contributed by atoms with Crippen molar-refractivity contribution in [3.63, 3.8) is 0 Å². The molecule has 0 amide bonds. The molecule has 4 heteroatoms. The normalized spacial score (nSPS) is 24.6. The van der Waals surface area contributed by atoms with E-state index in [1.165, 1.54) is 30.7 Å². The van der Waals surface area contributed by atoms with Gasteiger partial charge in [-0.3, -0.25) is 0 Å². The zero-order valence-corrected chi connectivity index (χ0v) is 13.5. The highest BCUT2D eigenvalue weighted by atomic mass is 32.1. The van der Waals surface area contributed by atoms with E-state index in [1.54, 1.807) is 11.3 Å². The van der Waals surface area contributed by atoms with Crippen LogP contribution in [-0.2, 0) is 6.54 Å². The standard InChI is InChI=1S/C15H27N3S/c1-5-16-10-13-17-18-14(19-13)11-6-8-12(9-7-11)15(2,3)4/h11-12,16H,5-10H2,1-4H3. The SMILES string of the molecule is CCNCc1nnc(C2CCC(C(C)(C)C)CC2)s1. The molecular formula is C15H27N3S. The Hall–Kier alpha value is -0.480. The first-order valence-electron chi connectivity index (χ1n) is 7.53. The fraction of sp³-hybridized carbons (Fsp3) is 0.867. The Morgan fingerprint density at radius 3 is 2.42 bits per heavy atom. The van der Waals surface area contributed by atoms with Crippen molar-refractivity contribution in [2.24, 2.45) is 11.3 Å². The van der Waals surface area contributed by atoms with Crippen molar-refractivity contribution in [2.75, 3.05) is 6.54 Å². The Kier molecular flexibility index (Phi) is 4.96. The Bertz CT molecular complexity index is 386. The van der Waals surface area contributed by atoms with E-state index in [4.69, 9.17) is 0 Å². The molecule has 0 bridgehead atoms. The van der Waals surface area contributed by atoms with Gasteiger partial charge in [0.25, 0.3) is 0 Å². The molecule has 1 fully saturated rings. The molecule has 3 nitrogen and oxygen atoms in total. The number of hydrogen-bond donors (Lipinski definition) is 1. The lowest BCUT2D eigenvalue weighted by Gasteiger charge is -2.36. The summed E-state index contributed by atoms with van der Waals surface area (Å²) in [6.07, 6.45) is 5.27. The number of hydrogen-bond acceptors (Lipinski definition) is 4. The first kappa shape index (κ1) is 14.9. The summed E-state index contributed by atoms with van der Waals surface area (Å²) < 4.78 is 0. The fourth-order valence-electron chi connectivity index (χ4n) is 2.94. The minimum absolute atomic E-state index is 0.461. The molecule has 1 aromatic heterocycles. The molecule has 0 saturated heterocycles. The van der Waals surface area contributed by atoms with Crippen molar-refractivity contribution in [1.29, 1.82) is 0 Å². The largest absolute Gasteiger partial charge is 0.311 e. The smallest absolute Gasteiger partial charge is 0.131 e. The topological polar surface area (TPSA) is 37.8 Å². The molecule has 108 valence electrons. The lowest BCUT2D eigenvalue weighted by Crippen LogP contribution is -2.25. The molecule has 1 N–H and O–H groups in total. The summed E-state index contributed by atoms with van der Waals surface area (Å²) in [4.78, 5) is 0. The van der Waals surface area contributed by atoms with Crippen LogP contribution in [0.3, 0.4) is 0 Å². The number of nitrogens with one attached hydrogen (secondary N) is 1. The quantitative estimate of drug-likeness (QED) is 0.907. The highest BCUT2D eigenvalue weighted by Gasteiger charge is 2.31. The van der Waals surface area contributed by atoms with Gasteiger partial charge in [-0.1, -0.05) is 39.0 Å². The van der Waals surface area contributed by atoms with Gasteiger partial charge in [-0.15, -0.1) is 10.2 Å². The molecule has 1 aliphatic rings. The van der Waals surface area contributed by atoms with Crippen LogP contribution in [-0.4, -0.2) is 16.7 Å². The van der Waals surface area contributed by atoms with E-state index in [2.05, 4.69) is 43.2 Å². The zero-order chi connectivity index (χ0) is 13.9. The van der Waals surface area contributed by atoms with Crippen LogP contribution in [0.5, 0.6) is 0 Å². The average molecular weight is 281 g/mol. The lowest BCUT2D eigenvalue weighted by atomic mass is 9.70. The molecule has 1 heterocycles. The Morgan fingerprint density at radius 1 is 1.16 bits per heavy atom. The van der Waals surface area contributed by atoms with E-state index in [0.717, 1.165) is 24.0 Å². The van der Waals surface area contributed by atoms with Crippen molar-refractivity contribution in [3.05, 3.63) is 10.0 Å². The van der Waals surface area contributed by atoms with Crippen molar-refractivity contribution in [1.82, 2.24) is 15.5 Å². The molecule has 19 heavy (non-hydrogen) atoms. The van der Waals surface area contributed by atoms with E-state index < -0.39 is 0 Å². The average Bonchev–Trinajstić information content (AvgIpc) is 2.84. The van der Waals surface area contributed by atoms with Crippen LogP contribution in [0.1, 0.15) is 69.3 Å². The molecule has 0 aromatic carbocycles. The zero-order valence-electron chi connectivity index (χ0n) is 12.7. The maximum absolute atomic E-state index is 4.41. The number of aromatic nitrogens is 2. The Labute approximate surface area is 121 Å². The monoisotopic (exact) mass is 281 g/mol. The molecule has 1 aliphatic carbocycles. The van der Waals surface area contributed by atoms with E-state index in [-0.39, 0.29) is 0 Å².